The van der Waals surface area contributed by atoms with Gasteiger partial charge in [-0.15, -0.1) is 0 Å². The minimum Gasteiger partial charge on any atom is -0.300 e. The van der Waals surface area contributed by atoms with Crippen LogP contribution in [0.15, 0.2) is 35.2 Å². The van der Waals surface area contributed by atoms with Gasteiger partial charge in [-0.2, -0.15) is 0 Å². The van der Waals surface area contributed by atoms with Crippen molar-refractivity contribution in [3.8, 4) is 0 Å². The third-order valence-corrected chi connectivity index (χ3v) is 8.11. The number of fused-ring (bicyclic) bond motifs is 4. The van der Waals surface area contributed by atoms with Crippen molar-refractivity contribution >= 4 is 9.84 Å². The molecule has 0 N–H and O–H groups in total. The molecule has 0 spiro atoms. The molecule has 4 aliphatic rings. The maximum atomic E-state index is 12.6. The van der Waals surface area contributed by atoms with Gasteiger partial charge in [-0.25, -0.2) is 8.42 Å². The van der Waals surface area contributed by atoms with Crippen LogP contribution in [0.1, 0.15) is 32.1 Å². The van der Waals surface area contributed by atoms with Gasteiger partial charge >= 0.3 is 0 Å². The summed E-state index contributed by atoms with van der Waals surface area (Å²) in [5.41, 5.74) is 0. The van der Waals surface area contributed by atoms with Gasteiger partial charge in [0.05, 0.1) is 10.6 Å². The highest BCUT2D eigenvalue weighted by Gasteiger charge is 2.36. The monoisotopic (exact) mass is 362 g/mol. The van der Waals surface area contributed by atoms with Crippen molar-refractivity contribution in [2.45, 2.75) is 43.0 Å². The van der Waals surface area contributed by atoms with Crippen molar-refractivity contribution in [1.29, 1.82) is 0 Å². The van der Waals surface area contributed by atoms with Gasteiger partial charge in [0.25, 0.3) is 0 Å². The van der Waals surface area contributed by atoms with Crippen molar-refractivity contribution < 1.29 is 8.42 Å². The normalized spacial score (nSPS) is 28.6. The van der Waals surface area contributed by atoms with Crippen LogP contribution in [0.2, 0.25) is 0 Å². The zero-order chi connectivity index (χ0) is 17.3. The van der Waals surface area contributed by atoms with E-state index < -0.39 is 9.84 Å². The lowest BCUT2D eigenvalue weighted by Crippen LogP contribution is -2.47. The second-order valence-electron chi connectivity index (χ2n) is 8.24. The van der Waals surface area contributed by atoms with E-state index in [2.05, 4.69) is 9.80 Å². The first-order valence-corrected chi connectivity index (χ1v) is 11.5. The molecule has 1 aliphatic carbocycles. The van der Waals surface area contributed by atoms with E-state index in [0.717, 1.165) is 24.9 Å². The number of nitrogens with zero attached hydrogens (tertiary/aromatic N) is 2. The molecule has 3 saturated heterocycles. The average molecular weight is 363 g/mol. The van der Waals surface area contributed by atoms with Crippen molar-refractivity contribution in [2.75, 3.05) is 38.5 Å². The molecule has 4 nitrogen and oxygen atoms in total. The topological polar surface area (TPSA) is 40.6 Å². The fraction of sp³-hybridized carbons (Fsp3) is 0.700. The summed E-state index contributed by atoms with van der Waals surface area (Å²) in [4.78, 5) is 5.60. The van der Waals surface area contributed by atoms with Gasteiger partial charge < -0.3 is 4.90 Å². The van der Waals surface area contributed by atoms with E-state index in [-0.39, 0.29) is 5.75 Å². The van der Waals surface area contributed by atoms with Crippen LogP contribution >= 0.6 is 0 Å². The standard InChI is InChI=1S/C20H30N2O2S/c23-25(24,20-7-2-1-3-8-20)12-11-21-13-18-9-10-19(16-21)22(15-18)14-17-5-4-6-17/h1-3,7-8,17-19H,4-6,9-16H2/t18-,19+/m0/s1. The average Bonchev–Trinajstić information content (AvgIpc) is 2.88. The van der Waals surface area contributed by atoms with Crippen LogP contribution in [0.4, 0.5) is 0 Å². The fourth-order valence-electron chi connectivity index (χ4n) is 4.68. The Kier molecular flexibility index (Phi) is 5.16. The van der Waals surface area contributed by atoms with Gasteiger partial charge in [-0.3, -0.25) is 4.90 Å². The summed E-state index contributed by atoms with van der Waals surface area (Å²) >= 11 is 0. The maximum Gasteiger partial charge on any atom is 0.179 e. The Morgan fingerprint density at radius 2 is 1.76 bits per heavy atom. The quantitative estimate of drug-likeness (QED) is 0.780. The molecule has 138 valence electrons. The highest BCUT2D eigenvalue weighted by molar-refractivity contribution is 7.91. The largest absolute Gasteiger partial charge is 0.300 e. The first-order chi connectivity index (χ1) is 12.1. The Bertz CT molecular complexity index is 672. The van der Waals surface area contributed by atoms with E-state index in [1.807, 2.05) is 6.07 Å². The molecule has 5 heteroatoms. The van der Waals surface area contributed by atoms with Crippen molar-refractivity contribution in [3.05, 3.63) is 30.3 Å². The van der Waals surface area contributed by atoms with Crippen molar-refractivity contribution in [3.63, 3.8) is 0 Å². The van der Waals surface area contributed by atoms with Crippen LogP contribution < -0.4 is 0 Å². The summed E-state index contributed by atoms with van der Waals surface area (Å²) in [5.74, 6) is 1.88. The Hall–Kier alpha value is -0.910. The number of benzene rings is 1. The van der Waals surface area contributed by atoms with E-state index in [4.69, 9.17) is 0 Å². The zero-order valence-electron chi connectivity index (χ0n) is 15.0. The van der Waals surface area contributed by atoms with Crippen LogP contribution in [-0.4, -0.2) is 62.7 Å². The summed E-state index contributed by atoms with van der Waals surface area (Å²) in [6, 6.07) is 9.53. The van der Waals surface area contributed by atoms with Crippen LogP contribution in [0.25, 0.3) is 0 Å². The second-order valence-corrected chi connectivity index (χ2v) is 10.3. The van der Waals surface area contributed by atoms with Gasteiger partial charge in [-0.05, 0) is 49.7 Å². The third-order valence-electron chi connectivity index (χ3n) is 6.40. The Morgan fingerprint density at radius 3 is 2.48 bits per heavy atom. The molecule has 0 unspecified atom stereocenters. The number of hydrogen-bond donors (Lipinski definition) is 0. The second kappa shape index (κ2) is 7.37. The van der Waals surface area contributed by atoms with E-state index in [9.17, 15) is 8.42 Å². The Labute approximate surface area is 152 Å². The van der Waals surface area contributed by atoms with Crippen LogP contribution in [0.3, 0.4) is 0 Å². The first-order valence-electron chi connectivity index (χ1n) is 9.84. The lowest BCUT2D eigenvalue weighted by atomic mass is 9.83. The maximum absolute atomic E-state index is 12.6. The van der Waals surface area contributed by atoms with Gasteiger partial charge in [0.15, 0.2) is 9.84 Å². The molecule has 1 aromatic carbocycles. The molecule has 1 saturated carbocycles. The smallest absolute Gasteiger partial charge is 0.179 e. The van der Waals surface area contributed by atoms with E-state index in [1.165, 1.54) is 45.2 Å². The number of hydrogen-bond acceptors (Lipinski definition) is 4. The fourth-order valence-corrected chi connectivity index (χ4v) is 5.99. The summed E-state index contributed by atoms with van der Waals surface area (Å²) < 4.78 is 25.1. The van der Waals surface area contributed by atoms with E-state index in [1.54, 1.807) is 24.3 Å². The highest BCUT2D eigenvalue weighted by atomic mass is 32.2. The predicted molar refractivity (Wildman–Crippen MR) is 100 cm³/mol. The van der Waals surface area contributed by atoms with Crippen LogP contribution in [-0.2, 0) is 9.84 Å². The predicted octanol–water partition coefficient (Wildman–Crippen LogP) is 2.66. The van der Waals surface area contributed by atoms with E-state index >= 15 is 0 Å². The molecule has 1 aromatic rings. The van der Waals surface area contributed by atoms with Crippen molar-refractivity contribution in [2.24, 2.45) is 11.8 Å². The molecule has 2 bridgehead atoms. The minimum atomic E-state index is -3.17. The molecule has 2 atom stereocenters. The van der Waals surface area contributed by atoms with Crippen LogP contribution in [0, 0.1) is 11.8 Å². The highest BCUT2D eigenvalue weighted by Crippen LogP contribution is 2.33. The molecule has 0 radical (unpaired) electrons. The SMILES string of the molecule is O=S(=O)(CCN1C[C@@H]2CC[C@H](C1)N(CC1CCC1)C2)c1ccccc1. The lowest BCUT2D eigenvalue weighted by Gasteiger charge is -2.40. The zero-order valence-corrected chi connectivity index (χ0v) is 15.8. The first kappa shape index (κ1) is 17.5. The molecule has 25 heavy (non-hydrogen) atoms. The summed E-state index contributed by atoms with van der Waals surface area (Å²) in [7, 11) is -3.17. The molecule has 0 amide bonds. The van der Waals surface area contributed by atoms with Gasteiger partial charge in [0.2, 0.25) is 0 Å². The Morgan fingerprint density at radius 1 is 0.960 bits per heavy atom. The lowest BCUT2D eigenvalue weighted by molar-refractivity contribution is 0.0894. The molecule has 4 fully saturated rings. The van der Waals surface area contributed by atoms with Crippen LogP contribution in [0.5, 0.6) is 0 Å². The number of piperidine rings is 1. The van der Waals surface area contributed by atoms with E-state index in [0.29, 0.717) is 17.5 Å². The third kappa shape index (κ3) is 4.09. The number of rotatable bonds is 6. The summed E-state index contributed by atoms with van der Waals surface area (Å²) in [6.07, 6.45) is 6.84. The Balaban J connectivity index is 1.36. The van der Waals surface area contributed by atoms with Crippen molar-refractivity contribution in [1.82, 2.24) is 9.80 Å². The molecule has 3 heterocycles. The molecule has 5 rings (SSSR count). The number of sulfone groups is 1. The molecular weight excluding hydrogens is 332 g/mol. The van der Waals surface area contributed by atoms with Gasteiger partial charge in [0.1, 0.15) is 0 Å². The van der Waals surface area contributed by atoms with Gasteiger partial charge in [-0.1, -0.05) is 24.6 Å². The molecular formula is C20H30N2O2S. The molecule has 0 aromatic heterocycles. The summed E-state index contributed by atoms with van der Waals surface area (Å²) in [6.45, 7) is 5.29. The van der Waals surface area contributed by atoms with Gasteiger partial charge in [0, 0.05) is 38.8 Å². The molecule has 3 aliphatic heterocycles. The minimum absolute atomic E-state index is 0.235. The summed E-state index contributed by atoms with van der Waals surface area (Å²) in [5, 5.41) is 0.